The Morgan fingerprint density at radius 2 is 2.12 bits per heavy atom. The number of hydrogen-bond donors (Lipinski definition) is 0. The standard InChI is InChI=1S/C24H27F3N4O3/c1-15-20(16(2)34-29-15)9-22(32)30-7-6-23(14-33-3)13-31(12-18(23)11-30)19-5-4-17(10-28)21(8-19)24(25,26)27/h4-5,8,18H,6-7,9,11-14H2,1-3H3. The molecule has 2 aliphatic heterocycles. The number of ether oxygens (including phenoxy) is 1. The Morgan fingerprint density at radius 3 is 2.74 bits per heavy atom. The van der Waals surface area contributed by atoms with Crippen molar-refractivity contribution in [2.75, 3.05) is 44.8 Å². The molecule has 0 saturated carbocycles. The van der Waals surface area contributed by atoms with Crippen molar-refractivity contribution in [3.05, 3.63) is 46.3 Å². The third-order valence-electron chi connectivity index (χ3n) is 7.22. The van der Waals surface area contributed by atoms with Crippen molar-refractivity contribution in [2.45, 2.75) is 32.9 Å². The normalized spacial score (nSPS) is 22.6. The van der Waals surface area contributed by atoms with Crippen LogP contribution in [-0.4, -0.2) is 55.9 Å². The molecule has 2 aromatic rings. The van der Waals surface area contributed by atoms with Crippen LogP contribution in [0.4, 0.5) is 18.9 Å². The molecular weight excluding hydrogens is 449 g/mol. The Labute approximate surface area is 196 Å². The van der Waals surface area contributed by atoms with Gasteiger partial charge in [-0.3, -0.25) is 4.79 Å². The number of nitriles is 1. The zero-order valence-electron chi connectivity index (χ0n) is 19.4. The summed E-state index contributed by atoms with van der Waals surface area (Å²) in [5.74, 6) is 0.654. The number of halogens is 3. The van der Waals surface area contributed by atoms with Crippen LogP contribution in [0.5, 0.6) is 0 Å². The molecule has 34 heavy (non-hydrogen) atoms. The number of nitrogens with zero attached hydrogens (tertiary/aromatic N) is 4. The average Bonchev–Trinajstić information content (AvgIpc) is 3.32. The van der Waals surface area contributed by atoms with Crippen LogP contribution in [0.15, 0.2) is 22.7 Å². The molecule has 0 bridgehead atoms. The summed E-state index contributed by atoms with van der Waals surface area (Å²) in [5.41, 5.74) is 0.328. The summed E-state index contributed by atoms with van der Waals surface area (Å²) < 4.78 is 51.2. The summed E-state index contributed by atoms with van der Waals surface area (Å²) in [6.07, 6.45) is -3.71. The van der Waals surface area contributed by atoms with Crippen molar-refractivity contribution < 1.29 is 27.2 Å². The number of carbonyl (C=O) groups is 1. The maximum Gasteiger partial charge on any atom is 0.417 e. The average molecular weight is 476 g/mol. The Kier molecular flexibility index (Phi) is 6.34. The van der Waals surface area contributed by atoms with E-state index in [9.17, 15) is 18.0 Å². The maximum atomic E-state index is 13.5. The van der Waals surface area contributed by atoms with Crippen molar-refractivity contribution in [1.29, 1.82) is 5.26 Å². The maximum absolute atomic E-state index is 13.5. The topological polar surface area (TPSA) is 82.6 Å². The van der Waals surface area contributed by atoms with Gasteiger partial charge in [0.25, 0.3) is 0 Å². The molecule has 4 rings (SSSR count). The molecule has 3 heterocycles. The molecule has 0 spiro atoms. The lowest BCUT2D eigenvalue weighted by molar-refractivity contribution is -0.138. The van der Waals surface area contributed by atoms with Gasteiger partial charge in [0.1, 0.15) is 5.76 Å². The van der Waals surface area contributed by atoms with E-state index in [4.69, 9.17) is 14.5 Å². The van der Waals surface area contributed by atoms with Gasteiger partial charge in [-0.15, -0.1) is 0 Å². The first-order valence-corrected chi connectivity index (χ1v) is 11.1. The van der Waals surface area contributed by atoms with Crippen molar-refractivity contribution in [2.24, 2.45) is 11.3 Å². The lowest BCUT2D eigenvalue weighted by Gasteiger charge is -2.43. The molecule has 2 unspecified atom stereocenters. The zero-order chi connectivity index (χ0) is 24.7. The highest BCUT2D eigenvalue weighted by Gasteiger charge is 2.50. The second kappa shape index (κ2) is 8.95. The highest BCUT2D eigenvalue weighted by molar-refractivity contribution is 5.79. The minimum Gasteiger partial charge on any atom is -0.384 e. The fourth-order valence-electron chi connectivity index (χ4n) is 5.31. The van der Waals surface area contributed by atoms with Crippen LogP contribution < -0.4 is 4.90 Å². The molecule has 0 radical (unpaired) electrons. The fourth-order valence-corrected chi connectivity index (χ4v) is 5.31. The Bertz CT molecular complexity index is 1100. The first-order valence-electron chi connectivity index (χ1n) is 11.1. The molecule has 7 nitrogen and oxygen atoms in total. The molecule has 2 saturated heterocycles. The Balaban J connectivity index is 1.55. The van der Waals surface area contributed by atoms with Crippen LogP contribution in [0.25, 0.3) is 0 Å². The number of piperidine rings is 1. The molecule has 0 aliphatic carbocycles. The van der Waals surface area contributed by atoms with Crippen LogP contribution in [-0.2, 0) is 22.1 Å². The molecule has 2 aliphatic rings. The van der Waals surface area contributed by atoms with Crippen molar-refractivity contribution in [3.63, 3.8) is 0 Å². The van der Waals surface area contributed by atoms with E-state index in [0.29, 0.717) is 56.3 Å². The number of aryl methyl sites for hydroxylation is 2. The zero-order valence-corrected chi connectivity index (χ0v) is 19.4. The number of fused-ring (bicyclic) bond motifs is 1. The first-order chi connectivity index (χ1) is 16.1. The van der Waals surface area contributed by atoms with E-state index in [1.165, 1.54) is 6.07 Å². The minimum absolute atomic E-state index is 0.0170. The molecule has 1 amide bonds. The van der Waals surface area contributed by atoms with Crippen molar-refractivity contribution in [3.8, 4) is 6.07 Å². The number of likely N-dealkylation sites (tertiary alicyclic amines) is 1. The summed E-state index contributed by atoms with van der Waals surface area (Å²) in [6.45, 7) is 6.14. The number of carbonyl (C=O) groups excluding carboxylic acids is 1. The fraction of sp³-hybridized carbons (Fsp3) is 0.542. The summed E-state index contributed by atoms with van der Waals surface area (Å²) in [7, 11) is 1.62. The van der Waals surface area contributed by atoms with Gasteiger partial charge in [-0.1, -0.05) is 5.16 Å². The van der Waals surface area contributed by atoms with Gasteiger partial charge in [0, 0.05) is 55.9 Å². The highest BCUT2D eigenvalue weighted by atomic mass is 19.4. The predicted molar refractivity (Wildman–Crippen MR) is 117 cm³/mol. The van der Waals surface area contributed by atoms with Gasteiger partial charge >= 0.3 is 6.18 Å². The summed E-state index contributed by atoms with van der Waals surface area (Å²) in [4.78, 5) is 16.8. The number of anilines is 1. The van der Waals surface area contributed by atoms with Gasteiger partial charge < -0.3 is 19.1 Å². The molecule has 1 aromatic carbocycles. The number of aromatic nitrogens is 1. The molecule has 182 valence electrons. The highest BCUT2D eigenvalue weighted by Crippen LogP contribution is 2.45. The molecule has 10 heteroatoms. The minimum atomic E-state index is -4.61. The third-order valence-corrected chi connectivity index (χ3v) is 7.22. The predicted octanol–water partition coefficient (Wildman–Crippen LogP) is 3.73. The lowest BCUT2D eigenvalue weighted by Crippen LogP contribution is -2.51. The molecule has 2 atom stereocenters. The van der Waals surface area contributed by atoms with Crippen LogP contribution >= 0.6 is 0 Å². The Hall–Kier alpha value is -3.06. The molecule has 0 N–H and O–H groups in total. The van der Waals surface area contributed by atoms with E-state index >= 15 is 0 Å². The van der Waals surface area contributed by atoms with Crippen LogP contribution in [0.2, 0.25) is 0 Å². The van der Waals surface area contributed by atoms with E-state index in [-0.39, 0.29) is 23.7 Å². The van der Waals surface area contributed by atoms with Gasteiger partial charge in [0.05, 0.1) is 35.9 Å². The Morgan fingerprint density at radius 1 is 1.35 bits per heavy atom. The monoisotopic (exact) mass is 476 g/mol. The molecule has 2 fully saturated rings. The van der Waals surface area contributed by atoms with Crippen LogP contribution in [0.3, 0.4) is 0 Å². The molecular formula is C24H27F3N4O3. The largest absolute Gasteiger partial charge is 0.417 e. The number of alkyl halides is 3. The second-order valence-electron chi connectivity index (χ2n) is 9.28. The number of rotatable bonds is 5. The van der Waals surface area contributed by atoms with E-state index in [1.54, 1.807) is 33.1 Å². The first kappa shape index (κ1) is 24.1. The van der Waals surface area contributed by atoms with Gasteiger partial charge in [-0.25, -0.2) is 0 Å². The summed E-state index contributed by atoms with van der Waals surface area (Å²) >= 11 is 0. The van der Waals surface area contributed by atoms with Crippen molar-refractivity contribution in [1.82, 2.24) is 10.1 Å². The van der Waals surface area contributed by atoms with E-state index in [2.05, 4.69) is 5.16 Å². The van der Waals surface area contributed by atoms with E-state index < -0.39 is 17.3 Å². The second-order valence-corrected chi connectivity index (χ2v) is 9.28. The van der Waals surface area contributed by atoms with Crippen LogP contribution in [0.1, 0.15) is 34.6 Å². The van der Waals surface area contributed by atoms with Crippen LogP contribution in [0, 0.1) is 36.5 Å². The number of hydrogen-bond acceptors (Lipinski definition) is 6. The summed E-state index contributed by atoms with van der Waals surface area (Å²) in [6, 6.07) is 5.47. The van der Waals surface area contributed by atoms with E-state index in [1.807, 2.05) is 9.80 Å². The van der Waals surface area contributed by atoms with Gasteiger partial charge in [-0.05, 0) is 38.5 Å². The third kappa shape index (κ3) is 4.37. The molecule has 1 aromatic heterocycles. The van der Waals surface area contributed by atoms with Gasteiger partial charge in [-0.2, -0.15) is 18.4 Å². The SMILES string of the molecule is COCC12CCN(C(=O)Cc3c(C)noc3C)CC1CN(c1ccc(C#N)c(C(F)(F)F)c1)C2. The van der Waals surface area contributed by atoms with Crippen molar-refractivity contribution >= 4 is 11.6 Å². The summed E-state index contributed by atoms with van der Waals surface area (Å²) in [5, 5.41) is 13.0. The van der Waals surface area contributed by atoms with Gasteiger partial charge in [0.15, 0.2) is 0 Å². The smallest absolute Gasteiger partial charge is 0.384 e. The van der Waals surface area contributed by atoms with Gasteiger partial charge in [0.2, 0.25) is 5.91 Å². The lowest BCUT2D eigenvalue weighted by atomic mass is 9.73. The quantitative estimate of drug-likeness (QED) is 0.654. The number of amides is 1. The number of benzene rings is 1. The van der Waals surface area contributed by atoms with E-state index in [0.717, 1.165) is 11.6 Å². The number of methoxy groups -OCH3 is 1.